The number of nitrogens with zero attached hydrogens (tertiary/aromatic N) is 1. The monoisotopic (exact) mass is 463 g/mol. The Morgan fingerprint density at radius 2 is 1.42 bits per heavy atom. The first-order valence-electron chi connectivity index (χ1n) is 10.3. The normalized spacial score (nSPS) is 14.7. The number of piperidine rings is 1. The first-order valence-corrected chi connectivity index (χ1v) is 12.1. The molecule has 1 fully saturated rings. The van der Waals surface area contributed by atoms with Gasteiger partial charge in [-0.3, -0.25) is 9.59 Å². The largest absolute Gasteiger partial charge is 0.348 e. The van der Waals surface area contributed by atoms with Gasteiger partial charge in [-0.2, -0.15) is 4.31 Å². The minimum absolute atomic E-state index is 0.233. The number of carbonyl (C=O) groups is 2. The van der Waals surface area contributed by atoms with E-state index in [1.54, 1.807) is 48.5 Å². The Bertz CT molecular complexity index is 1000. The van der Waals surface area contributed by atoms with Gasteiger partial charge < -0.3 is 10.6 Å². The molecule has 0 bridgehead atoms. The number of rotatable bonds is 7. The number of benzene rings is 2. The lowest BCUT2D eigenvalue weighted by Crippen LogP contribution is -2.40. The van der Waals surface area contributed by atoms with E-state index in [1.807, 2.05) is 0 Å². The fraction of sp³-hybridized carbons (Fsp3) is 0.364. The van der Waals surface area contributed by atoms with Gasteiger partial charge in [-0.05, 0) is 54.7 Å². The van der Waals surface area contributed by atoms with Crippen LogP contribution in [0.5, 0.6) is 0 Å². The molecule has 2 aromatic carbocycles. The minimum atomic E-state index is -3.45. The van der Waals surface area contributed by atoms with E-state index in [2.05, 4.69) is 10.6 Å². The maximum atomic E-state index is 12.7. The van der Waals surface area contributed by atoms with Crippen LogP contribution in [0, 0.1) is 0 Å². The summed E-state index contributed by atoms with van der Waals surface area (Å²) in [5.41, 5.74) is 1.71. The van der Waals surface area contributed by atoms with E-state index in [0.717, 1.165) is 30.4 Å². The van der Waals surface area contributed by atoms with Crippen molar-refractivity contribution in [3.8, 4) is 0 Å². The van der Waals surface area contributed by atoms with Gasteiger partial charge in [0.1, 0.15) is 0 Å². The van der Waals surface area contributed by atoms with Crippen molar-refractivity contribution >= 4 is 33.4 Å². The molecule has 1 aliphatic heterocycles. The van der Waals surface area contributed by atoms with Gasteiger partial charge in [-0.1, -0.05) is 42.3 Å². The van der Waals surface area contributed by atoms with Crippen molar-refractivity contribution in [3.63, 3.8) is 0 Å². The lowest BCUT2D eigenvalue weighted by Gasteiger charge is -2.25. The van der Waals surface area contributed by atoms with Gasteiger partial charge in [-0.15, -0.1) is 0 Å². The topological polar surface area (TPSA) is 95.6 Å². The molecule has 0 aromatic heterocycles. The van der Waals surface area contributed by atoms with Crippen LogP contribution in [0.2, 0.25) is 5.02 Å². The molecule has 0 radical (unpaired) electrons. The van der Waals surface area contributed by atoms with E-state index in [-0.39, 0.29) is 18.0 Å². The summed E-state index contributed by atoms with van der Waals surface area (Å²) in [7, 11) is -3.45. The molecule has 0 atom stereocenters. The summed E-state index contributed by atoms with van der Waals surface area (Å²) in [6.45, 7) is 1.63. The fourth-order valence-corrected chi connectivity index (χ4v) is 4.99. The van der Waals surface area contributed by atoms with E-state index in [0.29, 0.717) is 24.5 Å². The van der Waals surface area contributed by atoms with Crippen molar-refractivity contribution in [3.05, 3.63) is 64.7 Å². The molecule has 2 N–H and O–H groups in total. The number of carbonyl (C=O) groups excluding carboxylic acids is 2. The Labute approximate surface area is 187 Å². The van der Waals surface area contributed by atoms with E-state index in [9.17, 15) is 18.0 Å². The maximum absolute atomic E-state index is 12.7. The van der Waals surface area contributed by atoms with Crippen LogP contribution in [0.25, 0.3) is 0 Å². The van der Waals surface area contributed by atoms with Gasteiger partial charge in [0.25, 0.3) is 0 Å². The van der Waals surface area contributed by atoms with Crippen LogP contribution in [0.4, 0.5) is 0 Å². The first kappa shape index (κ1) is 23.2. The van der Waals surface area contributed by atoms with Gasteiger partial charge in [0.15, 0.2) is 0 Å². The molecule has 0 unspecified atom stereocenters. The maximum Gasteiger partial charge on any atom is 0.309 e. The third kappa shape index (κ3) is 6.53. The standard InChI is InChI=1S/C22H26ClN3O4S/c23-19-8-4-18(5-9-19)16-25-22(28)21(27)24-13-12-17-6-10-20(11-7-17)31(29,30)26-14-2-1-3-15-26/h4-11H,1-3,12-16H2,(H,24,27)(H,25,28). The highest BCUT2D eigenvalue weighted by Crippen LogP contribution is 2.20. The molecule has 0 aliphatic carbocycles. The van der Waals surface area contributed by atoms with E-state index < -0.39 is 21.8 Å². The average Bonchev–Trinajstić information content (AvgIpc) is 2.79. The smallest absolute Gasteiger partial charge is 0.309 e. The Hall–Kier alpha value is -2.42. The highest BCUT2D eigenvalue weighted by Gasteiger charge is 2.25. The van der Waals surface area contributed by atoms with Gasteiger partial charge in [0.05, 0.1) is 4.90 Å². The predicted molar refractivity (Wildman–Crippen MR) is 119 cm³/mol. The second kappa shape index (κ2) is 10.7. The summed E-state index contributed by atoms with van der Waals surface area (Å²) >= 11 is 5.82. The Kier molecular flexibility index (Phi) is 8.06. The number of halogens is 1. The predicted octanol–water partition coefficient (Wildman–Crippen LogP) is 2.49. The summed E-state index contributed by atoms with van der Waals surface area (Å²) in [5.74, 6) is -1.42. The summed E-state index contributed by atoms with van der Waals surface area (Å²) in [6.07, 6.45) is 3.34. The molecule has 166 valence electrons. The van der Waals surface area contributed by atoms with Crippen LogP contribution >= 0.6 is 11.6 Å². The molecule has 31 heavy (non-hydrogen) atoms. The van der Waals surface area contributed by atoms with Crippen LogP contribution in [0.1, 0.15) is 30.4 Å². The zero-order chi connectivity index (χ0) is 22.3. The van der Waals surface area contributed by atoms with Gasteiger partial charge in [0.2, 0.25) is 10.0 Å². The number of nitrogens with one attached hydrogen (secondary N) is 2. The summed E-state index contributed by atoms with van der Waals surface area (Å²) in [4.78, 5) is 24.1. The first-order chi connectivity index (χ1) is 14.9. The van der Waals surface area contributed by atoms with Crippen LogP contribution < -0.4 is 10.6 Å². The van der Waals surface area contributed by atoms with Crippen molar-refractivity contribution in [1.82, 2.24) is 14.9 Å². The molecular weight excluding hydrogens is 438 g/mol. The minimum Gasteiger partial charge on any atom is -0.348 e. The zero-order valence-electron chi connectivity index (χ0n) is 17.1. The van der Waals surface area contributed by atoms with Crippen LogP contribution in [0.15, 0.2) is 53.4 Å². The third-order valence-corrected chi connectivity index (χ3v) is 7.31. The SMILES string of the molecule is O=C(NCCc1ccc(S(=O)(=O)N2CCCCC2)cc1)C(=O)NCc1ccc(Cl)cc1. The van der Waals surface area contributed by atoms with Crippen molar-refractivity contribution in [2.45, 2.75) is 37.1 Å². The van der Waals surface area contributed by atoms with Crippen molar-refractivity contribution in [2.75, 3.05) is 19.6 Å². The number of sulfonamides is 1. The molecule has 2 amide bonds. The lowest BCUT2D eigenvalue weighted by atomic mass is 10.1. The Morgan fingerprint density at radius 1 is 0.839 bits per heavy atom. The second-order valence-electron chi connectivity index (χ2n) is 7.42. The summed E-state index contributed by atoms with van der Waals surface area (Å²) in [6, 6.07) is 13.6. The molecule has 9 heteroatoms. The number of hydrogen-bond donors (Lipinski definition) is 2. The van der Waals surface area contributed by atoms with E-state index in [4.69, 9.17) is 11.6 Å². The van der Waals surface area contributed by atoms with Crippen LogP contribution in [-0.2, 0) is 32.6 Å². The number of hydrogen-bond acceptors (Lipinski definition) is 4. The summed E-state index contributed by atoms with van der Waals surface area (Å²) < 4.78 is 26.9. The van der Waals surface area contributed by atoms with Crippen LogP contribution in [-0.4, -0.2) is 44.2 Å². The second-order valence-corrected chi connectivity index (χ2v) is 9.80. The van der Waals surface area contributed by atoms with E-state index >= 15 is 0 Å². The Morgan fingerprint density at radius 3 is 2.06 bits per heavy atom. The zero-order valence-corrected chi connectivity index (χ0v) is 18.7. The highest BCUT2D eigenvalue weighted by molar-refractivity contribution is 7.89. The molecule has 1 saturated heterocycles. The molecule has 0 spiro atoms. The highest BCUT2D eigenvalue weighted by atomic mass is 35.5. The third-order valence-electron chi connectivity index (χ3n) is 5.15. The quantitative estimate of drug-likeness (QED) is 0.616. The van der Waals surface area contributed by atoms with E-state index in [1.165, 1.54) is 4.31 Å². The van der Waals surface area contributed by atoms with Crippen molar-refractivity contribution < 1.29 is 18.0 Å². The fourth-order valence-electron chi connectivity index (χ4n) is 3.35. The molecule has 0 saturated carbocycles. The van der Waals surface area contributed by atoms with Crippen molar-refractivity contribution in [2.24, 2.45) is 0 Å². The number of amides is 2. The average molecular weight is 464 g/mol. The lowest BCUT2D eigenvalue weighted by molar-refractivity contribution is -0.139. The van der Waals surface area contributed by atoms with Crippen molar-refractivity contribution in [1.29, 1.82) is 0 Å². The summed E-state index contributed by atoms with van der Waals surface area (Å²) in [5, 5.41) is 5.73. The Balaban J connectivity index is 1.44. The molecule has 1 heterocycles. The molecule has 3 rings (SSSR count). The van der Waals surface area contributed by atoms with Gasteiger partial charge in [0, 0.05) is 31.2 Å². The molecular formula is C22H26ClN3O4S. The van der Waals surface area contributed by atoms with Gasteiger partial charge in [-0.25, -0.2) is 8.42 Å². The molecule has 2 aromatic rings. The van der Waals surface area contributed by atoms with Crippen LogP contribution in [0.3, 0.4) is 0 Å². The van der Waals surface area contributed by atoms with Gasteiger partial charge >= 0.3 is 11.8 Å². The molecule has 7 nitrogen and oxygen atoms in total. The molecule has 1 aliphatic rings.